The average molecular weight is 262 g/mol. The smallest absolute Gasteiger partial charge is 0.236 e. The van der Waals surface area contributed by atoms with Crippen molar-refractivity contribution in [3.05, 3.63) is 29.3 Å². The van der Waals surface area contributed by atoms with Crippen molar-refractivity contribution in [2.45, 2.75) is 25.8 Å². The fraction of sp³-hybridized carbons (Fsp3) is 0.533. The Morgan fingerprint density at radius 3 is 2.79 bits per heavy atom. The van der Waals surface area contributed by atoms with E-state index >= 15 is 0 Å². The van der Waals surface area contributed by atoms with Crippen molar-refractivity contribution in [1.82, 2.24) is 9.80 Å². The van der Waals surface area contributed by atoms with Crippen molar-refractivity contribution in [1.29, 1.82) is 0 Å². The summed E-state index contributed by atoms with van der Waals surface area (Å²) in [7, 11) is 3.58. The summed E-state index contributed by atoms with van der Waals surface area (Å²) in [5.41, 5.74) is 2.46. The van der Waals surface area contributed by atoms with Crippen LogP contribution in [0.4, 0.5) is 0 Å². The number of carbonyl (C=O) groups excluding carboxylic acids is 1. The topological polar surface area (TPSA) is 43.8 Å². The fourth-order valence-corrected chi connectivity index (χ4v) is 2.72. The lowest BCUT2D eigenvalue weighted by Crippen LogP contribution is -2.38. The summed E-state index contributed by atoms with van der Waals surface area (Å²) < 4.78 is 0. The molecule has 0 aliphatic heterocycles. The number of amides is 1. The van der Waals surface area contributed by atoms with Gasteiger partial charge in [-0.05, 0) is 42.6 Å². The number of carbonyl (C=O) groups is 1. The molecule has 1 aliphatic carbocycles. The minimum Gasteiger partial charge on any atom is -0.508 e. The third kappa shape index (κ3) is 2.89. The van der Waals surface area contributed by atoms with Gasteiger partial charge >= 0.3 is 0 Å². The van der Waals surface area contributed by atoms with Crippen LogP contribution in [0.25, 0.3) is 0 Å². The molecule has 1 N–H and O–H groups in total. The normalized spacial score (nSPS) is 17.6. The molecule has 0 heterocycles. The lowest BCUT2D eigenvalue weighted by Gasteiger charge is -2.28. The van der Waals surface area contributed by atoms with Crippen molar-refractivity contribution in [2.75, 3.05) is 27.2 Å². The van der Waals surface area contributed by atoms with Crippen LogP contribution in [-0.2, 0) is 11.2 Å². The van der Waals surface area contributed by atoms with E-state index in [4.69, 9.17) is 0 Å². The van der Waals surface area contributed by atoms with E-state index in [0.717, 1.165) is 19.4 Å². The summed E-state index contributed by atoms with van der Waals surface area (Å²) in [5.74, 6) is 0.459. The number of likely N-dealkylation sites (N-methyl/N-ethyl adjacent to an activating group) is 2. The molecule has 4 heteroatoms. The Morgan fingerprint density at radius 2 is 2.16 bits per heavy atom. The number of phenolic OH excluding ortho intramolecular Hbond substituents is 1. The molecule has 1 amide bonds. The van der Waals surface area contributed by atoms with Crippen LogP contribution in [-0.4, -0.2) is 48.0 Å². The summed E-state index contributed by atoms with van der Waals surface area (Å²) in [6, 6.07) is 5.87. The third-order valence-corrected chi connectivity index (χ3v) is 3.86. The number of rotatable bonds is 4. The van der Waals surface area contributed by atoms with Crippen LogP contribution in [0.2, 0.25) is 0 Å². The van der Waals surface area contributed by atoms with Gasteiger partial charge in [0.25, 0.3) is 0 Å². The van der Waals surface area contributed by atoms with E-state index in [0.29, 0.717) is 18.3 Å². The molecule has 0 radical (unpaired) electrons. The number of hydrogen-bond donors (Lipinski definition) is 1. The molecule has 1 unspecified atom stereocenters. The van der Waals surface area contributed by atoms with Gasteiger partial charge in [0.15, 0.2) is 0 Å². The lowest BCUT2D eigenvalue weighted by atomic mass is 10.1. The Balaban J connectivity index is 2.16. The number of aromatic hydroxyl groups is 1. The molecule has 0 aromatic heterocycles. The number of fused-ring (bicyclic) bond motifs is 1. The van der Waals surface area contributed by atoms with E-state index in [-0.39, 0.29) is 5.91 Å². The molecule has 19 heavy (non-hydrogen) atoms. The maximum Gasteiger partial charge on any atom is 0.236 e. The van der Waals surface area contributed by atoms with Gasteiger partial charge in [-0.3, -0.25) is 9.69 Å². The molecule has 1 aliphatic rings. The van der Waals surface area contributed by atoms with E-state index in [9.17, 15) is 9.90 Å². The summed E-state index contributed by atoms with van der Waals surface area (Å²) in [6.45, 7) is 3.39. The van der Waals surface area contributed by atoms with E-state index < -0.39 is 0 Å². The fourth-order valence-electron chi connectivity index (χ4n) is 2.72. The Bertz CT molecular complexity index is 471. The van der Waals surface area contributed by atoms with Gasteiger partial charge in [-0.15, -0.1) is 0 Å². The molecule has 0 saturated heterocycles. The van der Waals surface area contributed by atoms with Gasteiger partial charge < -0.3 is 10.0 Å². The van der Waals surface area contributed by atoms with Crippen molar-refractivity contribution in [2.24, 2.45) is 0 Å². The molecule has 0 bridgehead atoms. The predicted octanol–water partition coefficient (Wildman–Crippen LogP) is 1.79. The number of nitrogens with zero attached hydrogens (tertiary/aromatic N) is 2. The van der Waals surface area contributed by atoms with Gasteiger partial charge in [-0.1, -0.05) is 13.0 Å². The van der Waals surface area contributed by atoms with Crippen molar-refractivity contribution < 1.29 is 9.90 Å². The first-order chi connectivity index (χ1) is 9.02. The SMILES string of the molecule is CCN(CC(=O)N(C)C)C1CCc2cc(O)ccc21. The Morgan fingerprint density at radius 1 is 1.42 bits per heavy atom. The zero-order valence-corrected chi connectivity index (χ0v) is 11.9. The molecule has 0 spiro atoms. The highest BCUT2D eigenvalue weighted by Crippen LogP contribution is 2.37. The van der Waals surface area contributed by atoms with Crippen molar-refractivity contribution >= 4 is 5.91 Å². The molecule has 2 rings (SSSR count). The third-order valence-electron chi connectivity index (χ3n) is 3.86. The summed E-state index contributed by atoms with van der Waals surface area (Å²) in [5, 5.41) is 9.52. The second kappa shape index (κ2) is 5.61. The molecule has 4 nitrogen and oxygen atoms in total. The largest absolute Gasteiger partial charge is 0.508 e. The quantitative estimate of drug-likeness (QED) is 0.899. The molecular weight excluding hydrogens is 240 g/mol. The van der Waals surface area contributed by atoms with Gasteiger partial charge in [0.2, 0.25) is 5.91 Å². The van der Waals surface area contributed by atoms with Crippen LogP contribution in [0, 0.1) is 0 Å². The minimum absolute atomic E-state index is 0.133. The van der Waals surface area contributed by atoms with Crippen LogP contribution in [0.3, 0.4) is 0 Å². The van der Waals surface area contributed by atoms with Gasteiger partial charge in [0.1, 0.15) is 5.75 Å². The first-order valence-electron chi connectivity index (χ1n) is 6.79. The second-order valence-electron chi connectivity index (χ2n) is 5.29. The van der Waals surface area contributed by atoms with Crippen LogP contribution < -0.4 is 0 Å². The molecular formula is C15H22N2O2. The zero-order valence-electron chi connectivity index (χ0n) is 11.9. The van der Waals surface area contributed by atoms with E-state index in [1.165, 1.54) is 11.1 Å². The van der Waals surface area contributed by atoms with E-state index in [1.54, 1.807) is 25.1 Å². The summed E-state index contributed by atoms with van der Waals surface area (Å²) in [6.07, 6.45) is 1.99. The highest BCUT2D eigenvalue weighted by molar-refractivity contribution is 5.77. The van der Waals surface area contributed by atoms with Gasteiger partial charge in [0.05, 0.1) is 6.54 Å². The molecule has 1 aromatic rings. The number of phenols is 1. The number of hydrogen-bond acceptors (Lipinski definition) is 3. The Hall–Kier alpha value is -1.55. The van der Waals surface area contributed by atoms with Crippen molar-refractivity contribution in [3.63, 3.8) is 0 Å². The summed E-state index contributed by atoms with van der Waals surface area (Å²) in [4.78, 5) is 15.7. The lowest BCUT2D eigenvalue weighted by molar-refractivity contribution is -0.130. The molecule has 0 fully saturated rings. The van der Waals surface area contributed by atoms with Crippen LogP contribution >= 0.6 is 0 Å². The zero-order chi connectivity index (χ0) is 14.0. The molecule has 1 atom stereocenters. The minimum atomic E-state index is 0.133. The van der Waals surface area contributed by atoms with E-state index in [1.807, 2.05) is 12.1 Å². The van der Waals surface area contributed by atoms with Crippen LogP contribution in [0.5, 0.6) is 5.75 Å². The number of benzene rings is 1. The molecule has 104 valence electrons. The average Bonchev–Trinajstić information content (AvgIpc) is 2.78. The van der Waals surface area contributed by atoms with E-state index in [2.05, 4.69) is 11.8 Å². The van der Waals surface area contributed by atoms with Gasteiger partial charge in [-0.25, -0.2) is 0 Å². The number of aryl methyl sites for hydroxylation is 1. The first-order valence-corrected chi connectivity index (χ1v) is 6.79. The Labute approximate surface area is 114 Å². The predicted molar refractivity (Wildman–Crippen MR) is 75.1 cm³/mol. The maximum absolute atomic E-state index is 11.9. The monoisotopic (exact) mass is 262 g/mol. The van der Waals surface area contributed by atoms with Gasteiger partial charge in [-0.2, -0.15) is 0 Å². The maximum atomic E-state index is 11.9. The van der Waals surface area contributed by atoms with Gasteiger partial charge in [0, 0.05) is 20.1 Å². The Kier molecular flexibility index (Phi) is 4.10. The second-order valence-corrected chi connectivity index (χ2v) is 5.29. The summed E-state index contributed by atoms with van der Waals surface area (Å²) >= 11 is 0. The highest BCUT2D eigenvalue weighted by atomic mass is 16.3. The molecule has 1 aromatic carbocycles. The van der Waals surface area contributed by atoms with Crippen LogP contribution in [0.1, 0.15) is 30.5 Å². The highest BCUT2D eigenvalue weighted by Gasteiger charge is 2.28. The standard InChI is InChI=1S/C15H22N2O2/c1-4-17(10-15(19)16(2)3)14-8-5-11-9-12(18)6-7-13(11)14/h6-7,9,14,18H,4-5,8,10H2,1-3H3. The first kappa shape index (κ1) is 13.9. The van der Waals surface area contributed by atoms with Crippen molar-refractivity contribution in [3.8, 4) is 5.75 Å². The van der Waals surface area contributed by atoms with Crippen LogP contribution in [0.15, 0.2) is 18.2 Å². The molecule has 0 saturated carbocycles.